The van der Waals surface area contributed by atoms with Crippen molar-refractivity contribution in [3.8, 4) is 5.75 Å². The molecule has 4 heteroatoms. The predicted molar refractivity (Wildman–Crippen MR) is 117 cm³/mol. The van der Waals surface area contributed by atoms with Gasteiger partial charge in [0, 0.05) is 11.6 Å². The molecule has 1 aromatic heterocycles. The number of esters is 1. The smallest absolute Gasteiger partial charge is 0.338 e. The molecule has 1 saturated carbocycles. The summed E-state index contributed by atoms with van der Waals surface area (Å²) in [5.41, 5.74) is 4.03. The Morgan fingerprint density at radius 3 is 2.23 bits per heavy atom. The minimum Gasteiger partial charge on any atom is -0.487 e. The molecule has 30 heavy (non-hydrogen) atoms. The minimum atomic E-state index is -0.269. The third-order valence-corrected chi connectivity index (χ3v) is 5.86. The van der Waals surface area contributed by atoms with Gasteiger partial charge in [0.2, 0.25) is 0 Å². The third kappa shape index (κ3) is 4.09. The normalized spacial score (nSPS) is 20.3. The summed E-state index contributed by atoms with van der Waals surface area (Å²) >= 11 is 0. The Kier molecular flexibility index (Phi) is 5.84. The van der Waals surface area contributed by atoms with Gasteiger partial charge in [0.15, 0.2) is 0 Å². The molecule has 4 nitrogen and oxygen atoms in total. The summed E-state index contributed by atoms with van der Waals surface area (Å²) in [4.78, 5) is 16.3. The molecule has 0 spiro atoms. The first-order valence-electron chi connectivity index (χ1n) is 10.5. The van der Waals surface area contributed by atoms with Crippen LogP contribution < -0.4 is 4.74 Å². The average Bonchev–Trinajstić information content (AvgIpc) is 2.77. The van der Waals surface area contributed by atoms with Crippen molar-refractivity contribution in [3.05, 3.63) is 95.3 Å². The molecule has 1 aliphatic carbocycles. The SMILES string of the molecule is CCOC(=O)c1ccc(C2(c3ccc(OCc4ccccn4)cc3)CC(C)C2)cc1. The summed E-state index contributed by atoms with van der Waals surface area (Å²) in [7, 11) is 0. The molecule has 1 heterocycles. The van der Waals surface area contributed by atoms with Crippen molar-refractivity contribution in [1.82, 2.24) is 4.98 Å². The standard InChI is InChI=1S/C26H27NO3/c1-3-29-25(28)20-7-9-21(10-8-20)26(16-19(2)17-26)22-11-13-24(14-12-22)30-18-23-6-4-5-15-27-23/h4-15,19H,3,16-18H2,1-2H3. The van der Waals surface area contributed by atoms with E-state index in [0.717, 1.165) is 24.3 Å². The maximum atomic E-state index is 12.0. The minimum absolute atomic E-state index is 0.00781. The molecule has 1 aliphatic rings. The van der Waals surface area contributed by atoms with Crippen molar-refractivity contribution in [1.29, 1.82) is 0 Å². The monoisotopic (exact) mass is 401 g/mol. The first kappa shape index (κ1) is 20.1. The topological polar surface area (TPSA) is 48.4 Å². The van der Waals surface area contributed by atoms with Crippen molar-refractivity contribution in [2.24, 2.45) is 5.92 Å². The van der Waals surface area contributed by atoms with E-state index in [0.29, 0.717) is 24.7 Å². The van der Waals surface area contributed by atoms with Gasteiger partial charge in [-0.1, -0.05) is 37.3 Å². The Hall–Kier alpha value is -3.14. The van der Waals surface area contributed by atoms with Crippen LogP contribution in [0.25, 0.3) is 0 Å². The van der Waals surface area contributed by atoms with Crippen LogP contribution in [-0.2, 0) is 16.8 Å². The second-order valence-corrected chi connectivity index (χ2v) is 8.03. The maximum absolute atomic E-state index is 12.0. The van der Waals surface area contributed by atoms with E-state index in [1.54, 1.807) is 6.20 Å². The van der Waals surface area contributed by atoms with E-state index < -0.39 is 0 Å². The fourth-order valence-electron chi connectivity index (χ4n) is 4.42. The van der Waals surface area contributed by atoms with Gasteiger partial charge in [-0.25, -0.2) is 4.79 Å². The average molecular weight is 402 g/mol. The summed E-state index contributed by atoms with van der Waals surface area (Å²) in [5.74, 6) is 1.24. The summed E-state index contributed by atoms with van der Waals surface area (Å²) < 4.78 is 11.0. The van der Waals surface area contributed by atoms with Gasteiger partial charge in [-0.3, -0.25) is 4.98 Å². The molecule has 3 aromatic rings. The van der Waals surface area contributed by atoms with Crippen LogP contribution in [0.4, 0.5) is 0 Å². The van der Waals surface area contributed by atoms with E-state index >= 15 is 0 Å². The molecule has 0 saturated heterocycles. The van der Waals surface area contributed by atoms with Crippen LogP contribution in [0, 0.1) is 5.92 Å². The predicted octanol–water partition coefficient (Wildman–Crippen LogP) is 5.55. The molecule has 0 atom stereocenters. The number of nitrogens with zero attached hydrogens (tertiary/aromatic N) is 1. The van der Waals surface area contributed by atoms with Crippen molar-refractivity contribution in [3.63, 3.8) is 0 Å². The number of pyridine rings is 1. The van der Waals surface area contributed by atoms with Crippen LogP contribution in [0.1, 0.15) is 53.9 Å². The molecule has 0 aliphatic heterocycles. The van der Waals surface area contributed by atoms with Crippen molar-refractivity contribution in [2.75, 3.05) is 6.61 Å². The van der Waals surface area contributed by atoms with Gasteiger partial charge >= 0.3 is 5.97 Å². The summed E-state index contributed by atoms with van der Waals surface area (Å²) in [5, 5.41) is 0. The highest BCUT2D eigenvalue weighted by atomic mass is 16.5. The molecular formula is C26H27NO3. The quantitative estimate of drug-likeness (QED) is 0.487. The molecule has 4 rings (SSSR count). The van der Waals surface area contributed by atoms with Crippen LogP contribution in [0.15, 0.2) is 72.9 Å². The number of carbonyl (C=O) groups is 1. The van der Waals surface area contributed by atoms with E-state index in [9.17, 15) is 4.79 Å². The Bertz CT molecular complexity index is 975. The molecular weight excluding hydrogens is 374 g/mol. The molecule has 0 bridgehead atoms. The van der Waals surface area contributed by atoms with Gasteiger partial charge in [0.1, 0.15) is 12.4 Å². The van der Waals surface area contributed by atoms with E-state index in [4.69, 9.17) is 9.47 Å². The lowest BCUT2D eigenvalue weighted by atomic mass is 9.56. The van der Waals surface area contributed by atoms with Crippen molar-refractivity contribution in [2.45, 2.75) is 38.7 Å². The Labute approximate surface area is 177 Å². The zero-order chi connectivity index (χ0) is 21.0. The Balaban J connectivity index is 1.51. The third-order valence-electron chi connectivity index (χ3n) is 5.86. The van der Waals surface area contributed by atoms with Gasteiger partial charge in [-0.05, 0) is 73.2 Å². The second-order valence-electron chi connectivity index (χ2n) is 8.03. The highest BCUT2D eigenvalue weighted by Crippen LogP contribution is 2.52. The molecule has 2 aromatic carbocycles. The lowest BCUT2D eigenvalue weighted by molar-refractivity contribution is 0.0526. The number of rotatable bonds is 7. The number of hydrogen-bond acceptors (Lipinski definition) is 4. The maximum Gasteiger partial charge on any atom is 0.338 e. The van der Waals surface area contributed by atoms with E-state index in [2.05, 4.69) is 36.2 Å². The molecule has 0 radical (unpaired) electrons. The molecule has 1 fully saturated rings. The van der Waals surface area contributed by atoms with E-state index in [-0.39, 0.29) is 11.4 Å². The Morgan fingerprint density at radius 1 is 1.00 bits per heavy atom. The van der Waals surface area contributed by atoms with Crippen LogP contribution in [0.5, 0.6) is 5.75 Å². The van der Waals surface area contributed by atoms with Gasteiger partial charge in [-0.15, -0.1) is 0 Å². The second kappa shape index (κ2) is 8.70. The highest BCUT2D eigenvalue weighted by Gasteiger charge is 2.44. The molecule has 0 amide bonds. The molecule has 0 unspecified atom stereocenters. The first-order valence-corrected chi connectivity index (χ1v) is 10.5. The number of aromatic nitrogens is 1. The van der Waals surface area contributed by atoms with Crippen LogP contribution in [0.2, 0.25) is 0 Å². The summed E-state index contributed by atoms with van der Waals surface area (Å²) in [6, 6.07) is 22.1. The first-order chi connectivity index (χ1) is 14.6. The van der Waals surface area contributed by atoms with Crippen molar-refractivity contribution < 1.29 is 14.3 Å². The number of ether oxygens (including phenoxy) is 2. The number of carbonyl (C=O) groups excluding carboxylic acids is 1. The lowest BCUT2D eigenvalue weighted by Crippen LogP contribution is -2.41. The van der Waals surface area contributed by atoms with Crippen LogP contribution in [0.3, 0.4) is 0 Å². The Morgan fingerprint density at radius 2 is 1.67 bits per heavy atom. The summed E-state index contributed by atoms with van der Waals surface area (Å²) in [6.07, 6.45) is 3.97. The lowest BCUT2D eigenvalue weighted by Gasteiger charge is -2.48. The largest absolute Gasteiger partial charge is 0.487 e. The highest BCUT2D eigenvalue weighted by molar-refractivity contribution is 5.89. The van der Waals surface area contributed by atoms with Crippen LogP contribution >= 0.6 is 0 Å². The zero-order valence-electron chi connectivity index (χ0n) is 17.5. The number of benzene rings is 2. The molecule has 154 valence electrons. The van der Waals surface area contributed by atoms with Gasteiger partial charge < -0.3 is 9.47 Å². The van der Waals surface area contributed by atoms with Gasteiger partial charge in [-0.2, -0.15) is 0 Å². The summed E-state index contributed by atoms with van der Waals surface area (Å²) in [6.45, 7) is 4.95. The molecule has 0 N–H and O–H groups in total. The van der Waals surface area contributed by atoms with Gasteiger partial charge in [0.05, 0.1) is 17.9 Å². The van der Waals surface area contributed by atoms with E-state index in [1.807, 2.05) is 49.4 Å². The van der Waals surface area contributed by atoms with E-state index in [1.165, 1.54) is 11.1 Å². The van der Waals surface area contributed by atoms with Gasteiger partial charge in [0.25, 0.3) is 0 Å². The fourth-order valence-corrected chi connectivity index (χ4v) is 4.42. The van der Waals surface area contributed by atoms with Crippen molar-refractivity contribution >= 4 is 5.97 Å². The number of hydrogen-bond donors (Lipinski definition) is 0. The zero-order valence-corrected chi connectivity index (χ0v) is 17.5. The fraction of sp³-hybridized carbons (Fsp3) is 0.308. The van der Waals surface area contributed by atoms with Crippen LogP contribution in [-0.4, -0.2) is 17.6 Å².